The highest BCUT2D eigenvalue weighted by Crippen LogP contribution is 2.44. The van der Waals surface area contributed by atoms with E-state index in [4.69, 9.17) is 0 Å². The van der Waals surface area contributed by atoms with Crippen molar-refractivity contribution in [2.24, 2.45) is 10.9 Å². The molecule has 0 bridgehead atoms. The topological polar surface area (TPSA) is 32.7 Å². The fourth-order valence-corrected chi connectivity index (χ4v) is 4.40. The highest BCUT2D eigenvalue weighted by molar-refractivity contribution is 5.97. The Hall–Kier alpha value is -1.90. The lowest BCUT2D eigenvalue weighted by atomic mass is 9.73. The highest BCUT2D eigenvalue weighted by atomic mass is 16.2. The van der Waals surface area contributed by atoms with Gasteiger partial charge in [0.25, 0.3) is 0 Å². The zero-order chi connectivity index (χ0) is 15.9. The van der Waals surface area contributed by atoms with Gasteiger partial charge in [-0.15, -0.1) is 0 Å². The lowest BCUT2D eigenvalue weighted by Gasteiger charge is -2.40. The van der Waals surface area contributed by atoms with Crippen molar-refractivity contribution >= 4 is 17.8 Å². The largest absolute Gasteiger partial charge is 0.337 e. The number of carbonyl (C=O) groups excluding carboxylic acids is 1. The molecule has 3 heteroatoms. The number of carbonyl (C=O) groups is 1. The van der Waals surface area contributed by atoms with Crippen molar-refractivity contribution in [3.05, 3.63) is 41.5 Å². The fourth-order valence-electron chi connectivity index (χ4n) is 4.40. The van der Waals surface area contributed by atoms with E-state index in [1.807, 2.05) is 12.1 Å². The molecule has 120 valence electrons. The number of hydrogen-bond acceptors (Lipinski definition) is 2. The molecule has 3 nitrogen and oxygen atoms in total. The maximum Gasteiger partial charge on any atom is 0.246 e. The van der Waals surface area contributed by atoms with Gasteiger partial charge in [-0.1, -0.05) is 43.0 Å². The fraction of sp³-hybridized carbons (Fsp3) is 0.500. The van der Waals surface area contributed by atoms with Gasteiger partial charge < -0.3 is 4.90 Å². The van der Waals surface area contributed by atoms with Gasteiger partial charge in [0, 0.05) is 25.4 Å². The quantitative estimate of drug-likeness (QED) is 0.812. The second-order valence-electron chi connectivity index (χ2n) is 7.30. The number of benzene rings is 1. The molecule has 1 spiro atoms. The minimum absolute atomic E-state index is 0.177. The van der Waals surface area contributed by atoms with Gasteiger partial charge in [0.05, 0.1) is 11.1 Å². The zero-order valence-electron chi connectivity index (χ0n) is 13.8. The predicted octanol–water partition coefficient (Wildman–Crippen LogP) is 4.01. The van der Waals surface area contributed by atoms with Gasteiger partial charge in [-0.2, -0.15) is 0 Å². The molecule has 1 atom stereocenters. The maximum absolute atomic E-state index is 12.5. The molecule has 1 amide bonds. The van der Waals surface area contributed by atoms with Gasteiger partial charge in [0.1, 0.15) is 0 Å². The average molecular weight is 308 g/mol. The van der Waals surface area contributed by atoms with Crippen molar-refractivity contribution in [1.82, 2.24) is 4.90 Å². The number of nitrogens with zero attached hydrogens (tertiary/aromatic N) is 2. The first kappa shape index (κ1) is 14.7. The summed E-state index contributed by atoms with van der Waals surface area (Å²) >= 11 is 0. The van der Waals surface area contributed by atoms with E-state index in [-0.39, 0.29) is 11.3 Å². The molecule has 1 saturated carbocycles. The second kappa shape index (κ2) is 5.63. The van der Waals surface area contributed by atoms with E-state index < -0.39 is 0 Å². The Kier molecular flexibility index (Phi) is 3.59. The van der Waals surface area contributed by atoms with E-state index >= 15 is 0 Å². The van der Waals surface area contributed by atoms with E-state index in [0.29, 0.717) is 5.92 Å². The van der Waals surface area contributed by atoms with Crippen LogP contribution in [0.5, 0.6) is 0 Å². The molecule has 0 saturated heterocycles. The number of rotatable bonds is 2. The molecule has 3 aliphatic rings. The molecule has 1 aromatic rings. The predicted molar refractivity (Wildman–Crippen MR) is 93.2 cm³/mol. The van der Waals surface area contributed by atoms with E-state index in [1.54, 1.807) is 0 Å². The van der Waals surface area contributed by atoms with Crippen molar-refractivity contribution < 1.29 is 4.79 Å². The Morgan fingerprint density at radius 3 is 2.83 bits per heavy atom. The van der Waals surface area contributed by atoms with Crippen LogP contribution in [0.4, 0.5) is 5.69 Å². The van der Waals surface area contributed by atoms with E-state index in [2.05, 4.69) is 41.2 Å². The summed E-state index contributed by atoms with van der Waals surface area (Å²) < 4.78 is 0. The van der Waals surface area contributed by atoms with Crippen LogP contribution >= 0.6 is 0 Å². The number of fused-ring (bicyclic) bond motifs is 2. The van der Waals surface area contributed by atoms with Crippen LogP contribution in [0.2, 0.25) is 0 Å². The van der Waals surface area contributed by atoms with E-state index in [9.17, 15) is 4.79 Å². The van der Waals surface area contributed by atoms with Crippen LogP contribution in [-0.4, -0.2) is 30.1 Å². The summed E-state index contributed by atoms with van der Waals surface area (Å²) in [5, 5.41) is 0. The van der Waals surface area contributed by atoms with Crippen molar-refractivity contribution in [2.45, 2.75) is 44.4 Å². The molecule has 0 radical (unpaired) electrons. The van der Waals surface area contributed by atoms with Crippen molar-refractivity contribution in [3.8, 4) is 0 Å². The monoisotopic (exact) mass is 308 g/mol. The second-order valence-corrected chi connectivity index (χ2v) is 7.30. The molecule has 0 aromatic heterocycles. The number of aliphatic imine (C=N–C) groups is 1. The SMILES string of the molecule is CC1=CC(=O)N(CC2CCCCC2)CC12C=Nc1ccccc12. The Labute approximate surface area is 138 Å². The summed E-state index contributed by atoms with van der Waals surface area (Å²) in [6, 6.07) is 8.33. The third-order valence-corrected chi connectivity index (χ3v) is 5.81. The molecule has 1 aliphatic carbocycles. The van der Waals surface area contributed by atoms with Gasteiger partial charge in [-0.05, 0) is 37.3 Å². The Morgan fingerprint density at radius 2 is 2.00 bits per heavy atom. The van der Waals surface area contributed by atoms with Crippen LogP contribution in [0.3, 0.4) is 0 Å². The summed E-state index contributed by atoms with van der Waals surface area (Å²) in [5.74, 6) is 0.849. The highest BCUT2D eigenvalue weighted by Gasteiger charge is 2.43. The summed E-state index contributed by atoms with van der Waals surface area (Å²) in [5.41, 5.74) is 3.21. The minimum atomic E-state index is -0.209. The molecule has 1 unspecified atom stereocenters. The van der Waals surface area contributed by atoms with Crippen molar-refractivity contribution in [1.29, 1.82) is 0 Å². The molecule has 2 heterocycles. The van der Waals surface area contributed by atoms with Gasteiger partial charge in [-0.3, -0.25) is 9.79 Å². The van der Waals surface area contributed by atoms with Gasteiger partial charge >= 0.3 is 0 Å². The van der Waals surface area contributed by atoms with E-state index in [1.165, 1.54) is 37.7 Å². The molecular weight excluding hydrogens is 284 g/mol. The van der Waals surface area contributed by atoms with Crippen molar-refractivity contribution in [3.63, 3.8) is 0 Å². The smallest absolute Gasteiger partial charge is 0.246 e. The number of para-hydroxylation sites is 1. The van der Waals surface area contributed by atoms with Gasteiger partial charge in [-0.25, -0.2) is 0 Å². The standard InChI is InChI=1S/C20H24N2O/c1-15-11-19(23)22(12-16-7-3-2-4-8-16)14-20(15)13-21-18-10-6-5-9-17(18)20/h5-6,9-11,13,16H,2-4,7-8,12,14H2,1H3. The Balaban J connectivity index is 1.63. The lowest BCUT2D eigenvalue weighted by Crippen LogP contribution is -2.49. The van der Waals surface area contributed by atoms with Crippen LogP contribution < -0.4 is 0 Å². The summed E-state index contributed by atoms with van der Waals surface area (Å²) in [7, 11) is 0. The Bertz CT molecular complexity index is 685. The first-order chi connectivity index (χ1) is 11.2. The first-order valence-corrected chi connectivity index (χ1v) is 8.81. The summed E-state index contributed by atoms with van der Waals surface area (Å²) in [6.07, 6.45) is 10.4. The molecule has 0 N–H and O–H groups in total. The first-order valence-electron chi connectivity index (χ1n) is 8.81. The molecule has 4 rings (SSSR count). The van der Waals surface area contributed by atoms with Crippen molar-refractivity contribution in [2.75, 3.05) is 13.1 Å². The molecular formula is C20H24N2O. The minimum Gasteiger partial charge on any atom is -0.337 e. The third kappa shape index (κ3) is 2.43. The maximum atomic E-state index is 12.5. The van der Waals surface area contributed by atoms with Gasteiger partial charge in [0.15, 0.2) is 0 Å². The van der Waals surface area contributed by atoms with E-state index in [0.717, 1.165) is 24.4 Å². The average Bonchev–Trinajstić information content (AvgIpc) is 2.94. The van der Waals surface area contributed by atoms with Crippen LogP contribution in [-0.2, 0) is 10.2 Å². The molecule has 23 heavy (non-hydrogen) atoms. The van der Waals surface area contributed by atoms with Crippen LogP contribution in [0, 0.1) is 5.92 Å². The van der Waals surface area contributed by atoms with Crippen LogP contribution in [0.25, 0.3) is 0 Å². The number of amides is 1. The van der Waals surface area contributed by atoms with Crippen LogP contribution in [0.1, 0.15) is 44.6 Å². The normalized spacial score (nSPS) is 27.4. The third-order valence-electron chi connectivity index (χ3n) is 5.81. The molecule has 2 aliphatic heterocycles. The zero-order valence-corrected chi connectivity index (χ0v) is 13.8. The van der Waals surface area contributed by atoms with Gasteiger partial charge in [0.2, 0.25) is 5.91 Å². The number of hydrogen-bond donors (Lipinski definition) is 0. The summed E-state index contributed by atoms with van der Waals surface area (Å²) in [4.78, 5) is 19.2. The summed E-state index contributed by atoms with van der Waals surface area (Å²) in [6.45, 7) is 3.72. The van der Waals surface area contributed by atoms with Crippen LogP contribution in [0.15, 0.2) is 40.9 Å². The Morgan fingerprint density at radius 1 is 1.22 bits per heavy atom. The molecule has 1 fully saturated rings. The molecule has 1 aromatic carbocycles. The lowest BCUT2D eigenvalue weighted by molar-refractivity contribution is -0.128.